The molecule has 0 saturated carbocycles. The van der Waals surface area contributed by atoms with Crippen molar-refractivity contribution in [3.8, 4) is 12.3 Å². The van der Waals surface area contributed by atoms with E-state index < -0.39 is 0 Å². The number of aromatic amines is 1. The average molecular weight is 239 g/mol. The van der Waals surface area contributed by atoms with Gasteiger partial charge in [-0.15, -0.1) is 6.42 Å². The molecule has 0 radical (unpaired) electrons. The highest BCUT2D eigenvalue weighted by Crippen LogP contribution is 1.95. The van der Waals surface area contributed by atoms with E-state index >= 15 is 0 Å². The molecule has 1 aromatic heterocycles. The number of H-pyrrole nitrogens is 1. The van der Waals surface area contributed by atoms with Crippen LogP contribution in [0.4, 0.5) is 0 Å². The number of carbonyl (C=O) groups is 1. The number of rotatable bonds is 5. The maximum atomic E-state index is 11.4. The Bertz CT molecular complexity index is 443. The Morgan fingerprint density at radius 3 is 3.06 bits per heavy atom. The summed E-state index contributed by atoms with van der Waals surface area (Å²) < 4.78 is 0. The van der Waals surface area contributed by atoms with Crippen molar-refractivity contribution in [3.63, 3.8) is 0 Å². The topological polar surface area (TPSA) is 74.0 Å². The Balaban J connectivity index is 2.35. The lowest BCUT2D eigenvalue weighted by Crippen LogP contribution is -2.42. The highest BCUT2D eigenvalue weighted by atomic mass is 32.1. The molecule has 0 fully saturated rings. The van der Waals surface area contributed by atoms with Gasteiger partial charge in [-0.2, -0.15) is 0 Å². The summed E-state index contributed by atoms with van der Waals surface area (Å²) in [5, 5.41) is 7.27. The Morgan fingerprint density at radius 1 is 1.75 bits per heavy atom. The molecule has 1 rings (SSSR count). The summed E-state index contributed by atoms with van der Waals surface area (Å²) in [5.74, 6) is 2.17. The van der Waals surface area contributed by atoms with Crippen LogP contribution in [0.1, 0.15) is 12.6 Å². The molecule has 1 atom stereocenters. The van der Waals surface area contributed by atoms with E-state index in [9.17, 15) is 9.59 Å². The predicted octanol–water partition coefficient (Wildman–Crippen LogP) is -0.336. The van der Waals surface area contributed by atoms with Gasteiger partial charge in [0.15, 0.2) is 0 Å². The van der Waals surface area contributed by atoms with Crippen LogP contribution in [0.25, 0.3) is 0 Å². The summed E-state index contributed by atoms with van der Waals surface area (Å²) in [6.45, 7) is 2.40. The molecule has 16 heavy (non-hydrogen) atoms. The van der Waals surface area contributed by atoms with Crippen LogP contribution in [0.3, 0.4) is 0 Å². The van der Waals surface area contributed by atoms with E-state index in [1.165, 1.54) is 0 Å². The molecule has 1 aromatic rings. The van der Waals surface area contributed by atoms with E-state index in [4.69, 9.17) is 6.42 Å². The molecule has 86 valence electrons. The minimum Gasteiger partial charge on any atom is -0.344 e. The van der Waals surface area contributed by atoms with Crippen molar-refractivity contribution < 1.29 is 4.79 Å². The van der Waals surface area contributed by atoms with Gasteiger partial charge in [0, 0.05) is 17.6 Å². The van der Waals surface area contributed by atoms with Gasteiger partial charge in [0.05, 0.1) is 12.6 Å². The summed E-state index contributed by atoms with van der Waals surface area (Å²) in [4.78, 5) is 24.8. The molecular weight excluding hydrogens is 226 g/mol. The number of hydrogen-bond acceptors (Lipinski definition) is 4. The van der Waals surface area contributed by atoms with E-state index in [0.717, 1.165) is 17.0 Å². The monoisotopic (exact) mass is 239 g/mol. The van der Waals surface area contributed by atoms with Crippen molar-refractivity contribution in [3.05, 3.63) is 20.7 Å². The van der Waals surface area contributed by atoms with Crippen LogP contribution in [-0.2, 0) is 11.3 Å². The zero-order chi connectivity index (χ0) is 12.0. The molecule has 0 aromatic carbocycles. The van der Waals surface area contributed by atoms with Gasteiger partial charge in [0.2, 0.25) is 5.91 Å². The smallest absolute Gasteiger partial charge is 0.304 e. The minimum absolute atomic E-state index is 0.0961. The lowest BCUT2D eigenvalue weighted by Gasteiger charge is -2.11. The van der Waals surface area contributed by atoms with Gasteiger partial charge in [-0.3, -0.25) is 9.59 Å². The fourth-order valence-corrected chi connectivity index (χ4v) is 1.63. The van der Waals surface area contributed by atoms with Gasteiger partial charge in [0.25, 0.3) is 0 Å². The van der Waals surface area contributed by atoms with Crippen molar-refractivity contribution >= 4 is 17.2 Å². The van der Waals surface area contributed by atoms with Crippen LogP contribution in [0.2, 0.25) is 0 Å². The molecule has 1 heterocycles. The maximum Gasteiger partial charge on any atom is 0.304 e. The Morgan fingerprint density at radius 2 is 2.50 bits per heavy atom. The first-order chi connectivity index (χ1) is 7.63. The Kier molecular flexibility index (Phi) is 4.76. The zero-order valence-electron chi connectivity index (χ0n) is 8.87. The van der Waals surface area contributed by atoms with E-state index in [-0.39, 0.29) is 23.4 Å². The van der Waals surface area contributed by atoms with Crippen LogP contribution in [-0.4, -0.2) is 23.5 Å². The fraction of sp³-hybridized carbons (Fsp3) is 0.400. The number of thiazole rings is 1. The average Bonchev–Trinajstić information content (AvgIpc) is 2.68. The molecule has 0 spiro atoms. The van der Waals surface area contributed by atoms with Crippen LogP contribution in [0.5, 0.6) is 0 Å². The summed E-state index contributed by atoms with van der Waals surface area (Å²) in [5.41, 5.74) is 0.770. The quantitative estimate of drug-likeness (QED) is 0.616. The van der Waals surface area contributed by atoms with Crippen molar-refractivity contribution in [2.75, 3.05) is 6.54 Å². The second-order valence-electron chi connectivity index (χ2n) is 3.20. The summed E-state index contributed by atoms with van der Waals surface area (Å²) in [6, 6.07) is -0.350. The zero-order valence-corrected chi connectivity index (χ0v) is 9.69. The molecule has 0 bridgehead atoms. The van der Waals surface area contributed by atoms with Crippen molar-refractivity contribution in [2.45, 2.75) is 19.5 Å². The molecule has 5 nitrogen and oxygen atoms in total. The van der Waals surface area contributed by atoms with Crippen molar-refractivity contribution in [1.82, 2.24) is 15.6 Å². The minimum atomic E-state index is -0.350. The lowest BCUT2D eigenvalue weighted by atomic mass is 10.3. The highest BCUT2D eigenvalue weighted by Gasteiger charge is 2.11. The molecule has 3 N–H and O–H groups in total. The predicted molar refractivity (Wildman–Crippen MR) is 63.1 cm³/mol. The van der Waals surface area contributed by atoms with E-state index in [1.54, 1.807) is 12.3 Å². The van der Waals surface area contributed by atoms with Gasteiger partial charge in [-0.1, -0.05) is 17.3 Å². The molecule has 0 aliphatic rings. The first kappa shape index (κ1) is 12.5. The second kappa shape index (κ2) is 6.10. The normalized spacial score (nSPS) is 11.8. The molecule has 0 aliphatic carbocycles. The number of nitrogens with one attached hydrogen (secondary N) is 3. The standard InChI is InChI=1S/C10H13N3O2S/c1-3-4-11-9(14)7(2)12-5-8-6-16-10(15)13-8/h1,6-7,12H,4-5H2,2H3,(H,11,14)(H,13,15). The Labute approximate surface area is 97.3 Å². The summed E-state index contributed by atoms with van der Waals surface area (Å²) in [6.07, 6.45) is 5.02. The molecule has 0 saturated heterocycles. The number of hydrogen-bond donors (Lipinski definition) is 3. The van der Waals surface area contributed by atoms with Gasteiger partial charge < -0.3 is 15.6 Å². The molecule has 6 heteroatoms. The first-order valence-corrected chi connectivity index (χ1v) is 5.62. The molecule has 1 unspecified atom stereocenters. The van der Waals surface area contributed by atoms with Crippen molar-refractivity contribution in [2.24, 2.45) is 0 Å². The van der Waals surface area contributed by atoms with Gasteiger partial charge in [0.1, 0.15) is 0 Å². The molecular formula is C10H13N3O2S. The second-order valence-corrected chi connectivity index (χ2v) is 4.04. The van der Waals surface area contributed by atoms with Crippen LogP contribution in [0.15, 0.2) is 10.2 Å². The largest absolute Gasteiger partial charge is 0.344 e. The third-order valence-corrected chi connectivity index (χ3v) is 2.65. The summed E-state index contributed by atoms with van der Waals surface area (Å²) >= 11 is 1.10. The lowest BCUT2D eigenvalue weighted by molar-refractivity contribution is -0.122. The molecule has 1 amide bonds. The third kappa shape index (κ3) is 3.88. The molecule has 0 aliphatic heterocycles. The van der Waals surface area contributed by atoms with E-state index in [1.807, 2.05) is 0 Å². The van der Waals surface area contributed by atoms with E-state index in [0.29, 0.717) is 6.54 Å². The fourth-order valence-electron chi connectivity index (χ4n) is 1.05. The van der Waals surface area contributed by atoms with Crippen LogP contribution in [0, 0.1) is 12.3 Å². The van der Waals surface area contributed by atoms with Crippen LogP contribution < -0.4 is 15.5 Å². The number of carbonyl (C=O) groups excluding carboxylic acids is 1. The van der Waals surface area contributed by atoms with E-state index in [2.05, 4.69) is 21.5 Å². The Hall–Kier alpha value is -1.58. The summed E-state index contributed by atoms with van der Waals surface area (Å²) in [7, 11) is 0. The maximum absolute atomic E-state index is 11.4. The number of aromatic nitrogens is 1. The van der Waals surface area contributed by atoms with Gasteiger partial charge in [-0.25, -0.2) is 0 Å². The van der Waals surface area contributed by atoms with Crippen molar-refractivity contribution in [1.29, 1.82) is 0 Å². The number of amides is 1. The van der Waals surface area contributed by atoms with Gasteiger partial charge >= 0.3 is 4.87 Å². The highest BCUT2D eigenvalue weighted by molar-refractivity contribution is 7.07. The third-order valence-electron chi connectivity index (χ3n) is 1.93. The SMILES string of the molecule is C#CCNC(=O)C(C)NCc1csc(=O)[nH]1. The van der Waals surface area contributed by atoms with Crippen LogP contribution >= 0.6 is 11.3 Å². The first-order valence-electron chi connectivity index (χ1n) is 4.74. The number of terminal acetylenes is 1. The van der Waals surface area contributed by atoms with Gasteiger partial charge in [-0.05, 0) is 6.92 Å².